The number of nitrogens with zero attached hydrogens (tertiary/aromatic N) is 1. The van der Waals surface area contributed by atoms with Gasteiger partial charge in [-0.05, 0) is 12.1 Å². The van der Waals surface area contributed by atoms with Crippen molar-refractivity contribution in [3.8, 4) is 0 Å². The van der Waals surface area contributed by atoms with Crippen molar-refractivity contribution in [3.63, 3.8) is 0 Å². The number of halogens is 1. The average molecular weight is 319 g/mol. The molecule has 21 heavy (non-hydrogen) atoms. The quantitative estimate of drug-likeness (QED) is 0.539. The minimum Gasteiger partial charge on any atom is -0.380 e. The van der Waals surface area contributed by atoms with Crippen molar-refractivity contribution in [3.05, 3.63) is 68.5 Å². The summed E-state index contributed by atoms with van der Waals surface area (Å²) in [6.07, 6.45) is 0. The maximum absolute atomic E-state index is 10.8. The first-order valence-electron chi connectivity index (χ1n) is 6.29. The number of fused-ring (bicyclic) bond motifs is 1. The van der Waals surface area contributed by atoms with E-state index >= 15 is 0 Å². The molecule has 3 aromatic rings. The first-order valence-corrected chi connectivity index (χ1v) is 7.49. The Morgan fingerprint density at radius 1 is 1.19 bits per heavy atom. The number of rotatable bonds is 4. The monoisotopic (exact) mass is 318 g/mol. The van der Waals surface area contributed by atoms with Crippen LogP contribution in [0.4, 0.5) is 11.4 Å². The number of nitro groups is 1. The van der Waals surface area contributed by atoms with Gasteiger partial charge in [-0.1, -0.05) is 35.9 Å². The van der Waals surface area contributed by atoms with Gasteiger partial charge in [-0.3, -0.25) is 10.1 Å². The van der Waals surface area contributed by atoms with Gasteiger partial charge in [0.1, 0.15) is 0 Å². The Labute approximate surface area is 130 Å². The Balaban J connectivity index is 1.82. The molecule has 0 atom stereocenters. The summed E-state index contributed by atoms with van der Waals surface area (Å²) in [6, 6.07) is 14.4. The summed E-state index contributed by atoms with van der Waals surface area (Å²) < 4.78 is 1.14. The van der Waals surface area contributed by atoms with Gasteiger partial charge in [-0.2, -0.15) is 0 Å². The molecular weight excluding hydrogens is 308 g/mol. The molecule has 0 bridgehead atoms. The fourth-order valence-electron chi connectivity index (χ4n) is 2.09. The smallest absolute Gasteiger partial charge is 0.271 e. The van der Waals surface area contributed by atoms with Crippen molar-refractivity contribution in [2.24, 2.45) is 0 Å². The number of nitrogens with one attached hydrogen (secondary N) is 1. The lowest BCUT2D eigenvalue weighted by Gasteiger charge is -2.05. The summed E-state index contributed by atoms with van der Waals surface area (Å²) in [4.78, 5) is 11.4. The van der Waals surface area contributed by atoms with Crippen molar-refractivity contribution < 1.29 is 4.92 Å². The molecule has 0 unspecified atom stereocenters. The van der Waals surface area contributed by atoms with Crippen LogP contribution in [-0.4, -0.2) is 4.92 Å². The molecule has 0 saturated heterocycles. The van der Waals surface area contributed by atoms with Gasteiger partial charge in [0.25, 0.3) is 5.69 Å². The van der Waals surface area contributed by atoms with Gasteiger partial charge in [0.2, 0.25) is 0 Å². The first-order chi connectivity index (χ1) is 10.1. The summed E-state index contributed by atoms with van der Waals surface area (Å²) in [7, 11) is 0. The third-order valence-corrected chi connectivity index (χ3v) is 4.83. The molecule has 3 rings (SSSR count). The molecule has 0 fully saturated rings. The SMILES string of the molecule is O=[N+]([O-])c1cccc(NCc2sc3ccccc3c2Cl)c1. The third-order valence-electron chi connectivity index (χ3n) is 3.11. The van der Waals surface area contributed by atoms with Crippen molar-refractivity contribution in [1.82, 2.24) is 0 Å². The number of thiophene rings is 1. The van der Waals surface area contributed by atoms with Gasteiger partial charge in [-0.15, -0.1) is 11.3 Å². The zero-order valence-electron chi connectivity index (χ0n) is 10.9. The van der Waals surface area contributed by atoms with E-state index < -0.39 is 4.92 Å². The zero-order valence-corrected chi connectivity index (χ0v) is 12.4. The molecule has 0 radical (unpaired) electrons. The summed E-state index contributed by atoms with van der Waals surface area (Å²) >= 11 is 7.99. The summed E-state index contributed by atoms with van der Waals surface area (Å²) in [6.45, 7) is 0.541. The van der Waals surface area contributed by atoms with Gasteiger partial charge in [0.05, 0.1) is 16.5 Å². The molecule has 0 spiro atoms. The molecule has 0 aliphatic heterocycles. The van der Waals surface area contributed by atoms with Crippen molar-refractivity contribution in [2.45, 2.75) is 6.54 Å². The molecule has 106 valence electrons. The van der Waals surface area contributed by atoms with E-state index in [2.05, 4.69) is 5.32 Å². The van der Waals surface area contributed by atoms with Crippen molar-refractivity contribution in [1.29, 1.82) is 0 Å². The average Bonchev–Trinajstić information content (AvgIpc) is 2.82. The van der Waals surface area contributed by atoms with E-state index in [9.17, 15) is 10.1 Å². The van der Waals surface area contributed by atoms with E-state index in [4.69, 9.17) is 11.6 Å². The van der Waals surface area contributed by atoms with Crippen LogP contribution >= 0.6 is 22.9 Å². The standard InChI is InChI=1S/C15H11ClN2O2S/c16-15-12-6-1-2-7-13(12)21-14(15)9-17-10-4-3-5-11(8-10)18(19)20/h1-8,17H,9H2. The molecule has 0 amide bonds. The van der Waals surface area contributed by atoms with E-state index in [0.717, 1.165) is 20.0 Å². The minimum atomic E-state index is -0.405. The van der Waals surface area contributed by atoms with E-state index in [1.54, 1.807) is 23.5 Å². The lowest BCUT2D eigenvalue weighted by atomic mass is 10.2. The lowest BCUT2D eigenvalue weighted by Crippen LogP contribution is -1.98. The molecule has 1 heterocycles. The number of nitro benzene ring substituents is 1. The van der Waals surface area contributed by atoms with Gasteiger partial charge in [0.15, 0.2) is 0 Å². The Bertz CT molecular complexity index is 816. The molecule has 4 nitrogen and oxygen atoms in total. The van der Waals surface area contributed by atoms with Crippen LogP contribution in [0.1, 0.15) is 4.88 Å². The lowest BCUT2D eigenvalue weighted by molar-refractivity contribution is -0.384. The number of hydrogen-bond donors (Lipinski definition) is 1. The number of benzene rings is 2. The highest BCUT2D eigenvalue weighted by atomic mass is 35.5. The highest BCUT2D eigenvalue weighted by Crippen LogP contribution is 2.35. The summed E-state index contributed by atoms with van der Waals surface area (Å²) in [5.74, 6) is 0. The summed E-state index contributed by atoms with van der Waals surface area (Å²) in [5, 5.41) is 15.7. The van der Waals surface area contributed by atoms with Crippen LogP contribution in [-0.2, 0) is 6.54 Å². The maximum atomic E-state index is 10.8. The fourth-order valence-corrected chi connectivity index (χ4v) is 3.53. The van der Waals surface area contributed by atoms with Crippen LogP contribution in [0.5, 0.6) is 0 Å². The normalized spacial score (nSPS) is 10.7. The van der Waals surface area contributed by atoms with Crippen LogP contribution in [0.25, 0.3) is 10.1 Å². The summed E-state index contributed by atoms with van der Waals surface area (Å²) in [5.41, 5.74) is 0.778. The fraction of sp³-hybridized carbons (Fsp3) is 0.0667. The molecule has 6 heteroatoms. The minimum absolute atomic E-state index is 0.0717. The molecule has 1 N–H and O–H groups in total. The van der Waals surface area contributed by atoms with Crippen LogP contribution in [0, 0.1) is 10.1 Å². The third kappa shape index (κ3) is 2.84. The molecule has 0 saturated carbocycles. The van der Waals surface area contributed by atoms with Crippen molar-refractivity contribution in [2.75, 3.05) is 5.32 Å². The second-order valence-electron chi connectivity index (χ2n) is 4.50. The van der Waals surface area contributed by atoms with Crippen molar-refractivity contribution >= 4 is 44.4 Å². The second-order valence-corrected chi connectivity index (χ2v) is 6.01. The number of hydrogen-bond acceptors (Lipinski definition) is 4. The topological polar surface area (TPSA) is 55.2 Å². The molecule has 1 aromatic heterocycles. The Hall–Kier alpha value is -2.11. The number of non-ortho nitro benzene ring substituents is 1. The van der Waals surface area contributed by atoms with Crippen LogP contribution < -0.4 is 5.32 Å². The largest absolute Gasteiger partial charge is 0.380 e. The Kier molecular flexibility index (Phi) is 3.77. The van der Waals surface area contributed by atoms with E-state index in [1.165, 1.54) is 12.1 Å². The highest BCUT2D eigenvalue weighted by molar-refractivity contribution is 7.19. The predicted molar refractivity (Wildman–Crippen MR) is 87.3 cm³/mol. The van der Waals surface area contributed by atoms with Crippen LogP contribution in [0.3, 0.4) is 0 Å². The van der Waals surface area contributed by atoms with Crippen LogP contribution in [0.15, 0.2) is 48.5 Å². The molecule has 2 aromatic carbocycles. The van der Waals surface area contributed by atoms with E-state index in [1.807, 2.05) is 24.3 Å². The van der Waals surface area contributed by atoms with Gasteiger partial charge in [-0.25, -0.2) is 0 Å². The first kappa shape index (κ1) is 13.9. The second kappa shape index (κ2) is 5.71. The maximum Gasteiger partial charge on any atom is 0.271 e. The Morgan fingerprint density at radius 2 is 2.00 bits per heavy atom. The molecular formula is C15H11ClN2O2S. The number of anilines is 1. The highest BCUT2D eigenvalue weighted by Gasteiger charge is 2.10. The van der Waals surface area contributed by atoms with Gasteiger partial charge < -0.3 is 5.32 Å². The molecule has 0 aliphatic carbocycles. The van der Waals surface area contributed by atoms with E-state index in [0.29, 0.717) is 12.2 Å². The van der Waals surface area contributed by atoms with Gasteiger partial charge in [0, 0.05) is 32.8 Å². The van der Waals surface area contributed by atoms with Crippen LogP contribution in [0.2, 0.25) is 5.02 Å². The Morgan fingerprint density at radius 3 is 2.76 bits per heavy atom. The van der Waals surface area contributed by atoms with E-state index in [-0.39, 0.29) is 5.69 Å². The zero-order chi connectivity index (χ0) is 14.8. The predicted octanol–water partition coefficient (Wildman–Crippen LogP) is 5.08. The molecule has 0 aliphatic rings. The van der Waals surface area contributed by atoms with Gasteiger partial charge >= 0.3 is 0 Å².